The Balaban J connectivity index is 1.48. The molecule has 27 heavy (non-hydrogen) atoms. The van der Waals surface area contributed by atoms with Gasteiger partial charge in [0.25, 0.3) is 11.8 Å². The standard InChI is InChI=1S/C17H20FN5O4/c1-19-15(24)11-9-10(4-5-12(11)18)21-17(25)20-7-6-14-22-16(27-23-14)13-3-2-8-26-13/h4-5,9,13H,2-3,6-8H2,1H3,(H,19,24)(H2,20,21,25). The highest BCUT2D eigenvalue weighted by atomic mass is 19.1. The van der Waals surface area contributed by atoms with Gasteiger partial charge in [0.2, 0.25) is 0 Å². The monoisotopic (exact) mass is 377 g/mol. The first-order chi connectivity index (χ1) is 13.1. The Kier molecular flexibility index (Phi) is 5.97. The van der Waals surface area contributed by atoms with E-state index in [9.17, 15) is 14.0 Å². The number of nitrogens with one attached hydrogen (secondary N) is 3. The van der Waals surface area contributed by atoms with E-state index < -0.39 is 17.8 Å². The van der Waals surface area contributed by atoms with E-state index in [1.54, 1.807) is 0 Å². The van der Waals surface area contributed by atoms with Crippen LogP contribution in [0.4, 0.5) is 14.9 Å². The highest BCUT2D eigenvalue weighted by molar-refractivity contribution is 5.96. The van der Waals surface area contributed by atoms with Gasteiger partial charge in [0, 0.05) is 32.3 Å². The average Bonchev–Trinajstić information content (AvgIpc) is 3.34. The minimum atomic E-state index is -0.667. The lowest BCUT2D eigenvalue weighted by molar-refractivity contribution is 0.0835. The molecule has 1 aliphatic heterocycles. The lowest BCUT2D eigenvalue weighted by Crippen LogP contribution is -2.30. The maximum absolute atomic E-state index is 13.6. The zero-order valence-electron chi connectivity index (χ0n) is 14.8. The lowest BCUT2D eigenvalue weighted by atomic mass is 10.1. The number of hydrogen-bond acceptors (Lipinski definition) is 6. The van der Waals surface area contributed by atoms with Crippen LogP contribution in [0.3, 0.4) is 0 Å². The molecule has 1 saturated heterocycles. The van der Waals surface area contributed by atoms with Gasteiger partial charge in [-0.3, -0.25) is 4.79 Å². The first-order valence-corrected chi connectivity index (χ1v) is 8.57. The van der Waals surface area contributed by atoms with Crippen molar-refractivity contribution in [2.45, 2.75) is 25.4 Å². The zero-order valence-corrected chi connectivity index (χ0v) is 14.8. The SMILES string of the molecule is CNC(=O)c1cc(NC(=O)NCCc2noc(C3CCCO3)n2)ccc1F. The minimum Gasteiger partial charge on any atom is -0.368 e. The Labute approximate surface area is 154 Å². The maximum atomic E-state index is 13.6. The van der Waals surface area contributed by atoms with Gasteiger partial charge in [0.15, 0.2) is 5.82 Å². The molecule has 0 saturated carbocycles. The van der Waals surface area contributed by atoms with Crippen molar-refractivity contribution in [3.05, 3.63) is 41.3 Å². The Bertz CT molecular complexity index is 819. The second-order valence-electron chi connectivity index (χ2n) is 5.96. The number of carbonyl (C=O) groups excluding carboxylic acids is 2. The van der Waals surface area contributed by atoms with Gasteiger partial charge < -0.3 is 25.2 Å². The summed E-state index contributed by atoms with van der Waals surface area (Å²) in [6.07, 6.45) is 2.07. The molecule has 3 rings (SSSR count). The Morgan fingerprint density at radius 3 is 2.96 bits per heavy atom. The molecule has 144 valence electrons. The molecule has 2 heterocycles. The van der Waals surface area contributed by atoms with E-state index in [-0.39, 0.29) is 18.2 Å². The van der Waals surface area contributed by atoms with E-state index in [1.807, 2.05) is 0 Å². The summed E-state index contributed by atoms with van der Waals surface area (Å²) in [5.41, 5.74) is 0.150. The third-order valence-corrected chi connectivity index (χ3v) is 4.02. The second kappa shape index (κ2) is 8.58. The Morgan fingerprint density at radius 1 is 1.37 bits per heavy atom. The van der Waals surface area contributed by atoms with Crippen LogP contribution in [0.1, 0.15) is 41.0 Å². The zero-order chi connectivity index (χ0) is 19.2. The number of aromatic nitrogens is 2. The molecule has 1 aliphatic rings. The molecule has 0 bridgehead atoms. The maximum Gasteiger partial charge on any atom is 0.319 e. The van der Waals surface area contributed by atoms with Crippen molar-refractivity contribution in [1.29, 1.82) is 0 Å². The third kappa shape index (κ3) is 4.79. The molecule has 10 heteroatoms. The molecule has 1 fully saturated rings. The largest absolute Gasteiger partial charge is 0.368 e. The quantitative estimate of drug-likeness (QED) is 0.706. The van der Waals surface area contributed by atoms with Gasteiger partial charge in [-0.25, -0.2) is 9.18 Å². The topological polar surface area (TPSA) is 118 Å². The molecule has 3 N–H and O–H groups in total. The van der Waals surface area contributed by atoms with Crippen LogP contribution in [0, 0.1) is 5.82 Å². The number of benzene rings is 1. The Hall–Kier alpha value is -3.01. The van der Waals surface area contributed by atoms with Crippen molar-refractivity contribution in [1.82, 2.24) is 20.8 Å². The molecule has 0 radical (unpaired) electrons. The minimum absolute atomic E-state index is 0.143. The van der Waals surface area contributed by atoms with E-state index in [0.717, 1.165) is 18.9 Å². The number of halogens is 1. The van der Waals surface area contributed by atoms with E-state index in [1.165, 1.54) is 19.2 Å². The number of anilines is 1. The summed E-state index contributed by atoms with van der Waals surface area (Å²) in [5.74, 6) is -0.306. The van der Waals surface area contributed by atoms with Crippen LogP contribution in [-0.4, -0.2) is 42.3 Å². The summed E-state index contributed by atoms with van der Waals surface area (Å²) in [6.45, 7) is 0.967. The van der Waals surface area contributed by atoms with Gasteiger partial charge in [0.1, 0.15) is 11.9 Å². The highest BCUT2D eigenvalue weighted by Crippen LogP contribution is 2.26. The summed E-state index contributed by atoms with van der Waals surface area (Å²) < 4.78 is 24.3. The fourth-order valence-corrected chi connectivity index (χ4v) is 2.65. The molecule has 9 nitrogen and oxygen atoms in total. The molecular formula is C17H20FN5O4. The van der Waals surface area contributed by atoms with Crippen LogP contribution in [0.25, 0.3) is 0 Å². The van der Waals surface area contributed by atoms with E-state index in [0.29, 0.717) is 30.4 Å². The van der Waals surface area contributed by atoms with Crippen molar-refractivity contribution in [3.8, 4) is 0 Å². The molecule has 0 spiro atoms. The normalized spacial score (nSPS) is 16.1. The number of carbonyl (C=O) groups is 2. The van der Waals surface area contributed by atoms with Crippen LogP contribution in [0.2, 0.25) is 0 Å². The fourth-order valence-electron chi connectivity index (χ4n) is 2.65. The van der Waals surface area contributed by atoms with E-state index >= 15 is 0 Å². The number of rotatable bonds is 6. The van der Waals surface area contributed by atoms with Gasteiger partial charge >= 0.3 is 6.03 Å². The Morgan fingerprint density at radius 2 is 2.22 bits per heavy atom. The smallest absolute Gasteiger partial charge is 0.319 e. The summed E-state index contributed by atoms with van der Waals surface area (Å²) in [7, 11) is 1.40. The van der Waals surface area contributed by atoms with Crippen LogP contribution in [-0.2, 0) is 11.2 Å². The van der Waals surface area contributed by atoms with Crippen LogP contribution in [0.15, 0.2) is 22.7 Å². The van der Waals surface area contributed by atoms with Gasteiger partial charge in [0.05, 0.1) is 5.56 Å². The summed E-state index contributed by atoms with van der Waals surface area (Å²) >= 11 is 0. The highest BCUT2D eigenvalue weighted by Gasteiger charge is 2.23. The first-order valence-electron chi connectivity index (χ1n) is 8.57. The van der Waals surface area contributed by atoms with Gasteiger partial charge in [-0.05, 0) is 31.0 Å². The number of urea groups is 1. The molecule has 1 aromatic heterocycles. The van der Waals surface area contributed by atoms with Crippen molar-refractivity contribution in [2.24, 2.45) is 0 Å². The van der Waals surface area contributed by atoms with Gasteiger partial charge in [-0.15, -0.1) is 0 Å². The van der Waals surface area contributed by atoms with Gasteiger partial charge in [-0.1, -0.05) is 5.16 Å². The van der Waals surface area contributed by atoms with Crippen LogP contribution in [0.5, 0.6) is 0 Å². The first kappa shape index (κ1) is 18.8. The molecule has 0 aliphatic carbocycles. The van der Waals surface area contributed by atoms with Crippen LogP contribution >= 0.6 is 0 Å². The molecule has 1 aromatic carbocycles. The predicted molar refractivity (Wildman–Crippen MR) is 92.7 cm³/mol. The van der Waals surface area contributed by atoms with E-state index in [2.05, 4.69) is 26.1 Å². The second-order valence-corrected chi connectivity index (χ2v) is 5.96. The number of amides is 3. The van der Waals surface area contributed by atoms with Crippen molar-refractivity contribution in [3.63, 3.8) is 0 Å². The number of ether oxygens (including phenoxy) is 1. The van der Waals surface area contributed by atoms with Gasteiger partial charge in [-0.2, -0.15) is 4.98 Å². The van der Waals surface area contributed by atoms with Crippen molar-refractivity contribution < 1.29 is 23.2 Å². The lowest BCUT2D eigenvalue weighted by Gasteiger charge is -2.09. The summed E-state index contributed by atoms with van der Waals surface area (Å²) in [4.78, 5) is 27.8. The molecule has 3 amide bonds. The molecule has 2 aromatic rings. The third-order valence-electron chi connectivity index (χ3n) is 4.02. The fraction of sp³-hybridized carbons (Fsp3) is 0.412. The van der Waals surface area contributed by atoms with Crippen LogP contribution < -0.4 is 16.0 Å². The average molecular weight is 377 g/mol. The predicted octanol–water partition coefficient (Wildman–Crippen LogP) is 1.78. The number of nitrogens with zero attached hydrogens (tertiary/aromatic N) is 2. The molecular weight excluding hydrogens is 357 g/mol. The summed E-state index contributed by atoms with van der Waals surface area (Å²) in [5, 5.41) is 11.4. The summed E-state index contributed by atoms with van der Waals surface area (Å²) in [6, 6.07) is 3.26. The van der Waals surface area contributed by atoms with Crippen molar-refractivity contribution in [2.75, 3.05) is 25.5 Å². The van der Waals surface area contributed by atoms with E-state index in [4.69, 9.17) is 9.26 Å². The molecule has 1 atom stereocenters. The molecule has 1 unspecified atom stereocenters. The number of hydrogen-bond donors (Lipinski definition) is 3. The van der Waals surface area contributed by atoms with Crippen molar-refractivity contribution >= 4 is 17.6 Å².